The molecule has 0 saturated carbocycles. The lowest BCUT2D eigenvalue weighted by Gasteiger charge is -2.32. The average Bonchev–Trinajstić information content (AvgIpc) is 2.83. The Balaban J connectivity index is 1.91. The minimum Gasteiger partial charge on any atom is -0.296 e. The van der Waals surface area contributed by atoms with E-state index < -0.39 is 0 Å². The van der Waals surface area contributed by atoms with E-state index in [4.69, 9.17) is 0 Å². The first-order valence-corrected chi connectivity index (χ1v) is 6.65. The number of fused-ring (bicyclic) bond motifs is 4. The first-order valence-electron chi connectivity index (χ1n) is 6.65. The molecule has 4 rings (SSSR count). The van der Waals surface area contributed by atoms with Gasteiger partial charge in [0, 0.05) is 12.6 Å². The van der Waals surface area contributed by atoms with Gasteiger partial charge in [-0.15, -0.1) is 0 Å². The van der Waals surface area contributed by atoms with Crippen LogP contribution in [-0.4, -0.2) is 17.5 Å². The zero-order valence-electron chi connectivity index (χ0n) is 10.0. The van der Waals surface area contributed by atoms with Crippen LogP contribution in [-0.2, 0) is 13.0 Å². The molecule has 2 aliphatic heterocycles. The van der Waals surface area contributed by atoms with Crippen LogP contribution in [0.5, 0.6) is 0 Å². The molecule has 86 valence electrons. The number of hydrogen-bond donors (Lipinski definition) is 0. The molecule has 2 heterocycles. The molecular formula is C16H17N. The molecule has 1 unspecified atom stereocenters. The SMILES string of the molecule is c1ccc2c3c(ccc2c1)CC1CCCN1C3. The van der Waals surface area contributed by atoms with Gasteiger partial charge in [-0.05, 0) is 47.7 Å². The van der Waals surface area contributed by atoms with Gasteiger partial charge in [0.05, 0.1) is 0 Å². The third-order valence-corrected chi connectivity index (χ3v) is 4.45. The first kappa shape index (κ1) is 9.67. The molecule has 1 saturated heterocycles. The van der Waals surface area contributed by atoms with E-state index >= 15 is 0 Å². The number of rotatable bonds is 0. The van der Waals surface area contributed by atoms with Crippen LogP contribution in [0, 0.1) is 0 Å². The van der Waals surface area contributed by atoms with Crippen LogP contribution in [0.1, 0.15) is 24.0 Å². The van der Waals surface area contributed by atoms with Gasteiger partial charge < -0.3 is 0 Å². The van der Waals surface area contributed by atoms with Crippen molar-refractivity contribution in [3.05, 3.63) is 47.5 Å². The van der Waals surface area contributed by atoms with E-state index in [2.05, 4.69) is 41.3 Å². The lowest BCUT2D eigenvalue weighted by molar-refractivity contribution is 0.229. The number of hydrogen-bond acceptors (Lipinski definition) is 1. The predicted octanol–water partition coefficient (Wildman–Crippen LogP) is 3.36. The summed E-state index contributed by atoms with van der Waals surface area (Å²) in [6.07, 6.45) is 4.04. The second-order valence-corrected chi connectivity index (χ2v) is 5.40. The van der Waals surface area contributed by atoms with Crippen molar-refractivity contribution >= 4 is 10.8 Å². The summed E-state index contributed by atoms with van der Waals surface area (Å²) in [5.74, 6) is 0. The van der Waals surface area contributed by atoms with Crippen LogP contribution in [0.25, 0.3) is 10.8 Å². The van der Waals surface area contributed by atoms with Gasteiger partial charge in [-0.3, -0.25) is 4.90 Å². The standard InChI is InChI=1S/C16H17N/c1-2-6-15-12(4-1)7-8-13-10-14-5-3-9-17(14)11-16(13)15/h1-2,4,6-8,14H,3,5,9-11H2. The molecule has 0 aromatic heterocycles. The molecule has 0 N–H and O–H groups in total. The molecule has 2 aromatic carbocycles. The highest BCUT2D eigenvalue weighted by Gasteiger charge is 2.30. The molecule has 0 bridgehead atoms. The summed E-state index contributed by atoms with van der Waals surface area (Å²) < 4.78 is 0. The molecule has 1 heteroatoms. The average molecular weight is 223 g/mol. The predicted molar refractivity (Wildman–Crippen MR) is 71.1 cm³/mol. The Morgan fingerprint density at radius 2 is 2.00 bits per heavy atom. The molecule has 0 aliphatic carbocycles. The fraction of sp³-hybridized carbons (Fsp3) is 0.375. The van der Waals surface area contributed by atoms with Gasteiger partial charge in [0.15, 0.2) is 0 Å². The van der Waals surface area contributed by atoms with Gasteiger partial charge >= 0.3 is 0 Å². The minimum absolute atomic E-state index is 0.823. The summed E-state index contributed by atoms with van der Waals surface area (Å²) >= 11 is 0. The lowest BCUT2D eigenvalue weighted by Crippen LogP contribution is -2.35. The van der Waals surface area contributed by atoms with E-state index in [1.165, 1.54) is 43.1 Å². The normalized spacial score (nSPS) is 23.6. The van der Waals surface area contributed by atoms with Gasteiger partial charge in [-0.25, -0.2) is 0 Å². The van der Waals surface area contributed by atoms with E-state index in [0.717, 1.165) is 6.04 Å². The molecule has 17 heavy (non-hydrogen) atoms. The van der Waals surface area contributed by atoms with E-state index in [1.54, 1.807) is 11.1 Å². The van der Waals surface area contributed by atoms with Crippen LogP contribution in [0.4, 0.5) is 0 Å². The second kappa shape index (κ2) is 3.58. The quantitative estimate of drug-likeness (QED) is 0.662. The van der Waals surface area contributed by atoms with Crippen LogP contribution in [0.2, 0.25) is 0 Å². The Bertz CT molecular complexity index is 573. The zero-order valence-corrected chi connectivity index (χ0v) is 10.0. The summed E-state index contributed by atoms with van der Waals surface area (Å²) in [4.78, 5) is 2.68. The van der Waals surface area contributed by atoms with E-state index in [0.29, 0.717) is 0 Å². The Morgan fingerprint density at radius 3 is 3.00 bits per heavy atom. The van der Waals surface area contributed by atoms with Crippen LogP contribution in [0.3, 0.4) is 0 Å². The molecular weight excluding hydrogens is 206 g/mol. The third kappa shape index (κ3) is 1.42. The van der Waals surface area contributed by atoms with Gasteiger partial charge in [0.25, 0.3) is 0 Å². The maximum Gasteiger partial charge on any atom is 0.0245 e. The Morgan fingerprint density at radius 1 is 1.06 bits per heavy atom. The van der Waals surface area contributed by atoms with Crippen molar-refractivity contribution < 1.29 is 0 Å². The van der Waals surface area contributed by atoms with Crippen molar-refractivity contribution in [1.29, 1.82) is 0 Å². The van der Waals surface area contributed by atoms with Crippen molar-refractivity contribution in [1.82, 2.24) is 4.90 Å². The molecule has 2 aliphatic rings. The van der Waals surface area contributed by atoms with Gasteiger partial charge in [0.2, 0.25) is 0 Å². The van der Waals surface area contributed by atoms with E-state index in [-0.39, 0.29) is 0 Å². The third-order valence-electron chi connectivity index (χ3n) is 4.45. The fourth-order valence-electron chi connectivity index (χ4n) is 3.55. The largest absolute Gasteiger partial charge is 0.296 e. The highest BCUT2D eigenvalue weighted by Crippen LogP contribution is 2.33. The Hall–Kier alpha value is -1.34. The Kier molecular flexibility index (Phi) is 2.03. The Labute approximate surface area is 102 Å². The first-order chi connectivity index (χ1) is 8.42. The monoisotopic (exact) mass is 223 g/mol. The minimum atomic E-state index is 0.823. The molecule has 0 radical (unpaired) electrons. The topological polar surface area (TPSA) is 3.24 Å². The molecule has 2 aromatic rings. The maximum absolute atomic E-state index is 2.68. The highest BCUT2D eigenvalue weighted by atomic mass is 15.2. The fourth-order valence-corrected chi connectivity index (χ4v) is 3.55. The molecule has 1 atom stereocenters. The van der Waals surface area contributed by atoms with E-state index in [1.807, 2.05) is 0 Å². The van der Waals surface area contributed by atoms with Crippen LogP contribution >= 0.6 is 0 Å². The van der Waals surface area contributed by atoms with Gasteiger partial charge in [-0.1, -0.05) is 36.4 Å². The number of benzene rings is 2. The van der Waals surface area contributed by atoms with Crippen LogP contribution < -0.4 is 0 Å². The van der Waals surface area contributed by atoms with Crippen molar-refractivity contribution in [3.8, 4) is 0 Å². The molecule has 0 spiro atoms. The molecule has 1 fully saturated rings. The highest BCUT2D eigenvalue weighted by molar-refractivity contribution is 5.87. The van der Waals surface area contributed by atoms with Crippen LogP contribution in [0.15, 0.2) is 36.4 Å². The summed E-state index contributed by atoms with van der Waals surface area (Å²) in [5, 5.41) is 2.86. The van der Waals surface area contributed by atoms with Crippen molar-refractivity contribution in [2.75, 3.05) is 6.54 Å². The molecule has 1 nitrogen and oxygen atoms in total. The van der Waals surface area contributed by atoms with E-state index in [9.17, 15) is 0 Å². The van der Waals surface area contributed by atoms with Crippen molar-refractivity contribution in [2.24, 2.45) is 0 Å². The summed E-state index contributed by atoms with van der Waals surface area (Å²) in [7, 11) is 0. The number of nitrogens with zero attached hydrogens (tertiary/aromatic N) is 1. The second-order valence-electron chi connectivity index (χ2n) is 5.40. The summed E-state index contributed by atoms with van der Waals surface area (Å²) in [6, 6.07) is 14.3. The van der Waals surface area contributed by atoms with Gasteiger partial charge in [-0.2, -0.15) is 0 Å². The zero-order chi connectivity index (χ0) is 11.2. The van der Waals surface area contributed by atoms with Gasteiger partial charge in [0.1, 0.15) is 0 Å². The maximum atomic E-state index is 2.68. The summed E-state index contributed by atoms with van der Waals surface area (Å²) in [6.45, 7) is 2.47. The lowest BCUT2D eigenvalue weighted by atomic mass is 9.90. The summed E-state index contributed by atoms with van der Waals surface area (Å²) in [5.41, 5.74) is 3.17. The van der Waals surface area contributed by atoms with Crippen molar-refractivity contribution in [2.45, 2.75) is 31.8 Å². The van der Waals surface area contributed by atoms with Crippen molar-refractivity contribution in [3.63, 3.8) is 0 Å². The smallest absolute Gasteiger partial charge is 0.0245 e. The molecule has 0 amide bonds.